The first-order chi connectivity index (χ1) is 11.5. The highest BCUT2D eigenvalue weighted by Crippen LogP contribution is 2.26. The molecule has 9 nitrogen and oxygen atoms in total. The van der Waals surface area contributed by atoms with Gasteiger partial charge in [0.2, 0.25) is 5.28 Å². The average Bonchev–Trinajstić information content (AvgIpc) is 3.13. The molecule has 24 heavy (non-hydrogen) atoms. The number of hydrogen-bond acceptors (Lipinski definition) is 6. The molecule has 0 spiro atoms. The SMILES string of the molecule is CCn1cnnc1CN(C)c1nc(Cl)nc2c1ccn2CC(=O)O. The fourth-order valence-electron chi connectivity index (χ4n) is 2.54. The van der Waals surface area contributed by atoms with Crippen molar-refractivity contribution in [3.63, 3.8) is 0 Å². The van der Waals surface area contributed by atoms with Crippen LogP contribution in [0.4, 0.5) is 5.82 Å². The van der Waals surface area contributed by atoms with Crippen molar-refractivity contribution in [2.75, 3.05) is 11.9 Å². The van der Waals surface area contributed by atoms with Crippen LogP contribution in [0.25, 0.3) is 11.0 Å². The van der Waals surface area contributed by atoms with Crippen LogP contribution in [0.2, 0.25) is 5.28 Å². The van der Waals surface area contributed by atoms with Gasteiger partial charge in [-0.25, -0.2) is 0 Å². The molecule has 3 rings (SSSR count). The molecular weight excluding hydrogens is 334 g/mol. The summed E-state index contributed by atoms with van der Waals surface area (Å²) >= 11 is 6.03. The summed E-state index contributed by atoms with van der Waals surface area (Å²) in [5.74, 6) is 0.459. The molecule has 0 aliphatic carbocycles. The number of aromatic nitrogens is 6. The molecule has 10 heteroatoms. The minimum absolute atomic E-state index is 0.0617. The maximum Gasteiger partial charge on any atom is 0.323 e. The Morgan fingerprint density at radius 3 is 2.88 bits per heavy atom. The summed E-state index contributed by atoms with van der Waals surface area (Å²) < 4.78 is 3.46. The molecular formula is C14H16ClN7O2. The van der Waals surface area contributed by atoms with Crippen LogP contribution in [0, 0.1) is 0 Å². The molecule has 0 aromatic carbocycles. The number of halogens is 1. The normalized spacial score (nSPS) is 11.1. The van der Waals surface area contributed by atoms with Gasteiger partial charge in [0.1, 0.15) is 24.3 Å². The zero-order valence-corrected chi connectivity index (χ0v) is 14.0. The highest BCUT2D eigenvalue weighted by molar-refractivity contribution is 6.28. The maximum atomic E-state index is 11.0. The van der Waals surface area contributed by atoms with Gasteiger partial charge in [0.05, 0.1) is 11.9 Å². The molecule has 0 saturated heterocycles. The molecule has 3 aromatic rings. The second-order valence-corrected chi connectivity index (χ2v) is 5.62. The van der Waals surface area contributed by atoms with Crippen molar-refractivity contribution in [2.45, 2.75) is 26.6 Å². The first-order valence-electron chi connectivity index (χ1n) is 7.31. The molecule has 0 aliphatic heterocycles. The molecule has 3 aromatic heterocycles. The second-order valence-electron chi connectivity index (χ2n) is 5.28. The minimum Gasteiger partial charge on any atom is -0.480 e. The Kier molecular flexibility index (Phi) is 4.34. The first-order valence-corrected chi connectivity index (χ1v) is 7.69. The highest BCUT2D eigenvalue weighted by atomic mass is 35.5. The lowest BCUT2D eigenvalue weighted by molar-refractivity contribution is -0.137. The van der Waals surface area contributed by atoms with Gasteiger partial charge >= 0.3 is 5.97 Å². The van der Waals surface area contributed by atoms with Crippen LogP contribution in [0.5, 0.6) is 0 Å². The summed E-state index contributed by atoms with van der Waals surface area (Å²) in [7, 11) is 1.86. The van der Waals surface area contributed by atoms with Crippen molar-refractivity contribution in [1.82, 2.24) is 29.3 Å². The summed E-state index contributed by atoms with van der Waals surface area (Å²) in [5.41, 5.74) is 0.483. The fourth-order valence-corrected chi connectivity index (χ4v) is 2.70. The van der Waals surface area contributed by atoms with Crippen molar-refractivity contribution in [2.24, 2.45) is 0 Å². The summed E-state index contributed by atoms with van der Waals surface area (Å²) in [5, 5.41) is 17.8. The number of carboxylic acid groups (broad SMARTS) is 1. The standard InChI is InChI=1S/C14H16ClN7O2/c1-3-21-8-16-19-10(21)6-20(2)12-9-4-5-22(7-11(23)24)13(9)18-14(15)17-12/h4-5,8H,3,6-7H2,1-2H3,(H,23,24). The lowest BCUT2D eigenvalue weighted by Gasteiger charge is -2.19. The second kappa shape index (κ2) is 6.44. The quantitative estimate of drug-likeness (QED) is 0.671. The molecule has 0 atom stereocenters. The van der Waals surface area contributed by atoms with Gasteiger partial charge in [-0.05, 0) is 24.6 Å². The number of anilines is 1. The van der Waals surface area contributed by atoms with E-state index in [2.05, 4.69) is 20.2 Å². The Balaban J connectivity index is 1.99. The van der Waals surface area contributed by atoms with Gasteiger partial charge in [-0.3, -0.25) is 4.79 Å². The Morgan fingerprint density at radius 1 is 1.38 bits per heavy atom. The molecule has 0 unspecified atom stereocenters. The molecule has 0 bridgehead atoms. The predicted octanol–water partition coefficient (Wildman–Crippen LogP) is 1.42. The third-order valence-electron chi connectivity index (χ3n) is 3.65. The van der Waals surface area contributed by atoms with Crippen LogP contribution in [-0.2, 0) is 24.4 Å². The largest absolute Gasteiger partial charge is 0.480 e. The number of fused-ring (bicyclic) bond motifs is 1. The van der Waals surface area contributed by atoms with Gasteiger partial charge < -0.3 is 19.1 Å². The summed E-state index contributed by atoms with van der Waals surface area (Å²) in [4.78, 5) is 21.3. The number of hydrogen-bond donors (Lipinski definition) is 1. The Morgan fingerprint density at radius 2 is 2.17 bits per heavy atom. The molecule has 0 amide bonds. The monoisotopic (exact) mass is 349 g/mol. The first kappa shape index (κ1) is 16.2. The van der Waals surface area contributed by atoms with Crippen molar-refractivity contribution in [3.05, 3.63) is 29.7 Å². The average molecular weight is 350 g/mol. The number of carbonyl (C=O) groups is 1. The third kappa shape index (κ3) is 3.02. The van der Waals surface area contributed by atoms with E-state index in [0.717, 1.165) is 17.8 Å². The van der Waals surface area contributed by atoms with Crippen molar-refractivity contribution in [3.8, 4) is 0 Å². The molecule has 1 N–H and O–H groups in total. The van der Waals surface area contributed by atoms with E-state index < -0.39 is 5.97 Å². The van der Waals surface area contributed by atoms with E-state index in [-0.39, 0.29) is 11.8 Å². The van der Waals surface area contributed by atoms with Crippen LogP contribution in [0.1, 0.15) is 12.7 Å². The minimum atomic E-state index is -0.951. The van der Waals surface area contributed by atoms with Gasteiger partial charge in [0.15, 0.2) is 5.82 Å². The molecule has 0 fully saturated rings. The van der Waals surface area contributed by atoms with E-state index in [1.807, 2.05) is 23.4 Å². The Labute approximate surface area is 142 Å². The zero-order chi connectivity index (χ0) is 17.3. The topological polar surface area (TPSA) is 102 Å². The van der Waals surface area contributed by atoms with Crippen LogP contribution in [0.3, 0.4) is 0 Å². The number of aryl methyl sites for hydroxylation is 1. The van der Waals surface area contributed by atoms with Crippen LogP contribution >= 0.6 is 11.6 Å². The van der Waals surface area contributed by atoms with Crippen molar-refractivity contribution in [1.29, 1.82) is 0 Å². The Bertz CT molecular complexity index is 889. The molecule has 0 radical (unpaired) electrons. The van der Waals surface area contributed by atoms with Crippen LogP contribution < -0.4 is 4.90 Å². The molecule has 0 aliphatic rings. The number of nitrogens with zero attached hydrogens (tertiary/aromatic N) is 7. The number of aliphatic carboxylic acids is 1. The van der Waals surface area contributed by atoms with Crippen LogP contribution in [-0.4, -0.2) is 47.4 Å². The predicted molar refractivity (Wildman–Crippen MR) is 88.0 cm³/mol. The summed E-state index contributed by atoms with van der Waals surface area (Å²) in [6.45, 7) is 3.08. The van der Waals surface area contributed by atoms with E-state index in [1.54, 1.807) is 18.6 Å². The number of rotatable bonds is 6. The molecule has 3 heterocycles. The highest BCUT2D eigenvalue weighted by Gasteiger charge is 2.17. The smallest absolute Gasteiger partial charge is 0.323 e. The van der Waals surface area contributed by atoms with Gasteiger partial charge in [-0.15, -0.1) is 10.2 Å². The van der Waals surface area contributed by atoms with E-state index in [0.29, 0.717) is 18.0 Å². The third-order valence-corrected chi connectivity index (χ3v) is 3.82. The number of carboxylic acids is 1. The molecule has 0 saturated carbocycles. The van der Waals surface area contributed by atoms with E-state index >= 15 is 0 Å². The maximum absolute atomic E-state index is 11.0. The van der Waals surface area contributed by atoms with Gasteiger partial charge in [0, 0.05) is 19.8 Å². The van der Waals surface area contributed by atoms with E-state index in [9.17, 15) is 4.79 Å². The van der Waals surface area contributed by atoms with Crippen LogP contribution in [0.15, 0.2) is 18.6 Å². The summed E-state index contributed by atoms with van der Waals surface area (Å²) in [6.07, 6.45) is 3.34. The lowest BCUT2D eigenvalue weighted by atomic mass is 10.3. The van der Waals surface area contributed by atoms with Gasteiger partial charge in [-0.1, -0.05) is 0 Å². The van der Waals surface area contributed by atoms with Gasteiger partial charge in [0.25, 0.3) is 0 Å². The zero-order valence-electron chi connectivity index (χ0n) is 13.2. The fraction of sp³-hybridized carbons (Fsp3) is 0.357. The van der Waals surface area contributed by atoms with Crippen molar-refractivity contribution < 1.29 is 9.90 Å². The van der Waals surface area contributed by atoms with E-state index in [4.69, 9.17) is 16.7 Å². The Hall–Kier alpha value is -2.68. The van der Waals surface area contributed by atoms with E-state index in [1.165, 1.54) is 4.57 Å². The lowest BCUT2D eigenvalue weighted by Crippen LogP contribution is -2.21. The van der Waals surface area contributed by atoms with Crippen molar-refractivity contribution >= 4 is 34.4 Å². The summed E-state index contributed by atoms with van der Waals surface area (Å²) in [6, 6.07) is 1.78. The van der Waals surface area contributed by atoms with Gasteiger partial charge in [-0.2, -0.15) is 9.97 Å². The molecule has 126 valence electrons.